The van der Waals surface area contributed by atoms with Gasteiger partial charge in [0.15, 0.2) is 6.10 Å². The van der Waals surface area contributed by atoms with Crippen molar-refractivity contribution in [2.24, 2.45) is 11.7 Å². The van der Waals surface area contributed by atoms with Crippen LogP contribution in [0.25, 0.3) is 0 Å². The van der Waals surface area contributed by atoms with Gasteiger partial charge >= 0.3 is 5.97 Å². The molecule has 1 aromatic rings. The van der Waals surface area contributed by atoms with Crippen LogP contribution in [-0.4, -0.2) is 39.5 Å². The maximum atomic E-state index is 12.9. The first-order valence-electron chi connectivity index (χ1n) is 8.86. The second-order valence-electron chi connectivity index (χ2n) is 6.81. The van der Waals surface area contributed by atoms with Gasteiger partial charge in [-0.2, -0.15) is 0 Å². The quantitative estimate of drug-likeness (QED) is 0.672. The number of primary amides is 1. The number of esters is 1. The second kappa shape index (κ2) is 8.71. The molecule has 0 bridgehead atoms. The van der Waals surface area contributed by atoms with Crippen molar-refractivity contribution in [3.05, 3.63) is 23.8 Å². The average molecular weight is 398 g/mol. The molecule has 0 spiro atoms. The Hall–Kier alpha value is -2.13. The number of hydrogen-bond acceptors (Lipinski definition) is 6. The standard InChI is InChI=1S/C18H26N2O6S/c1-11-6-4-5-7-14(11)20-27(23,24)16-10-13(8-9-15(16)25-3)18(22)26-12(2)17(19)21/h8-12,14,20H,4-7H2,1-3H3,(H2,19,21). The highest BCUT2D eigenvalue weighted by atomic mass is 32.2. The van der Waals surface area contributed by atoms with Crippen LogP contribution in [0.4, 0.5) is 0 Å². The maximum Gasteiger partial charge on any atom is 0.338 e. The third kappa shape index (κ3) is 5.20. The molecule has 2 rings (SSSR count). The van der Waals surface area contributed by atoms with Crippen molar-refractivity contribution in [3.63, 3.8) is 0 Å². The molecule has 1 aliphatic rings. The molecule has 0 aliphatic heterocycles. The van der Waals surface area contributed by atoms with Gasteiger partial charge in [-0.1, -0.05) is 19.8 Å². The summed E-state index contributed by atoms with van der Waals surface area (Å²) >= 11 is 0. The van der Waals surface area contributed by atoms with E-state index in [1.807, 2.05) is 6.92 Å². The minimum Gasteiger partial charge on any atom is -0.495 e. The van der Waals surface area contributed by atoms with E-state index in [9.17, 15) is 18.0 Å². The van der Waals surface area contributed by atoms with E-state index in [0.717, 1.165) is 25.7 Å². The van der Waals surface area contributed by atoms with E-state index in [-0.39, 0.29) is 28.2 Å². The Morgan fingerprint density at radius 3 is 2.52 bits per heavy atom. The highest BCUT2D eigenvalue weighted by Gasteiger charge is 2.29. The molecular formula is C18H26N2O6S. The number of sulfonamides is 1. The number of methoxy groups -OCH3 is 1. The zero-order valence-electron chi connectivity index (χ0n) is 15.7. The Morgan fingerprint density at radius 2 is 1.93 bits per heavy atom. The number of carbonyl (C=O) groups is 2. The number of amides is 1. The molecule has 27 heavy (non-hydrogen) atoms. The van der Waals surface area contributed by atoms with Gasteiger partial charge in [0.1, 0.15) is 10.6 Å². The highest BCUT2D eigenvalue weighted by Crippen LogP contribution is 2.29. The monoisotopic (exact) mass is 398 g/mol. The molecule has 1 amide bonds. The van der Waals surface area contributed by atoms with Gasteiger partial charge in [-0.05, 0) is 43.9 Å². The lowest BCUT2D eigenvalue weighted by molar-refractivity contribution is -0.125. The summed E-state index contributed by atoms with van der Waals surface area (Å²) in [5.74, 6) is -1.29. The molecule has 1 saturated carbocycles. The number of nitrogens with one attached hydrogen (secondary N) is 1. The summed E-state index contributed by atoms with van der Waals surface area (Å²) in [5, 5.41) is 0. The van der Waals surface area contributed by atoms with E-state index < -0.39 is 28.0 Å². The molecule has 0 heterocycles. The summed E-state index contributed by atoms with van der Waals surface area (Å²) in [6.45, 7) is 3.36. The van der Waals surface area contributed by atoms with Crippen LogP contribution < -0.4 is 15.2 Å². The topological polar surface area (TPSA) is 125 Å². The van der Waals surface area contributed by atoms with Crippen LogP contribution in [0.3, 0.4) is 0 Å². The van der Waals surface area contributed by atoms with E-state index in [4.69, 9.17) is 15.2 Å². The number of rotatable bonds is 7. The largest absolute Gasteiger partial charge is 0.495 e. The third-order valence-electron chi connectivity index (χ3n) is 4.79. The summed E-state index contributed by atoms with van der Waals surface area (Å²) in [6, 6.07) is 3.77. The van der Waals surface area contributed by atoms with E-state index in [1.54, 1.807) is 0 Å². The van der Waals surface area contributed by atoms with E-state index >= 15 is 0 Å². The first-order chi connectivity index (χ1) is 12.7. The van der Waals surface area contributed by atoms with Crippen LogP contribution in [0.15, 0.2) is 23.1 Å². The minimum absolute atomic E-state index is 0.0130. The summed E-state index contributed by atoms with van der Waals surface area (Å²) in [7, 11) is -2.56. The molecule has 0 saturated heterocycles. The lowest BCUT2D eigenvalue weighted by Gasteiger charge is -2.29. The highest BCUT2D eigenvalue weighted by molar-refractivity contribution is 7.89. The van der Waals surface area contributed by atoms with Crippen molar-refractivity contribution < 1.29 is 27.5 Å². The Balaban J connectivity index is 2.30. The molecule has 1 aromatic carbocycles. The number of ether oxygens (including phenoxy) is 2. The predicted molar refractivity (Wildman–Crippen MR) is 98.8 cm³/mol. The van der Waals surface area contributed by atoms with Crippen LogP contribution in [-0.2, 0) is 19.6 Å². The van der Waals surface area contributed by atoms with Crippen molar-refractivity contribution in [2.75, 3.05) is 7.11 Å². The fraction of sp³-hybridized carbons (Fsp3) is 0.556. The SMILES string of the molecule is COc1ccc(C(=O)OC(C)C(N)=O)cc1S(=O)(=O)NC1CCCCC1C. The molecule has 0 aromatic heterocycles. The minimum atomic E-state index is -3.91. The van der Waals surface area contributed by atoms with Crippen LogP contribution >= 0.6 is 0 Å². The van der Waals surface area contributed by atoms with Crippen molar-refractivity contribution in [3.8, 4) is 5.75 Å². The lowest BCUT2D eigenvalue weighted by Crippen LogP contribution is -2.41. The first kappa shape index (κ1) is 21.2. The van der Waals surface area contributed by atoms with Gasteiger partial charge in [-0.15, -0.1) is 0 Å². The van der Waals surface area contributed by atoms with Gasteiger partial charge < -0.3 is 15.2 Å². The van der Waals surface area contributed by atoms with Gasteiger partial charge in [-0.3, -0.25) is 4.79 Å². The molecule has 1 fully saturated rings. The van der Waals surface area contributed by atoms with Crippen molar-refractivity contribution in [2.45, 2.75) is 56.6 Å². The van der Waals surface area contributed by atoms with Crippen LogP contribution in [0.5, 0.6) is 5.75 Å². The molecule has 9 heteroatoms. The molecule has 0 radical (unpaired) electrons. The number of benzene rings is 1. The normalized spacial score (nSPS) is 21.3. The second-order valence-corrected chi connectivity index (χ2v) is 8.49. The number of hydrogen-bond donors (Lipinski definition) is 2. The Kier molecular flexibility index (Phi) is 6.83. The number of carbonyl (C=O) groups excluding carboxylic acids is 2. The van der Waals surface area contributed by atoms with Crippen LogP contribution in [0.1, 0.15) is 49.9 Å². The van der Waals surface area contributed by atoms with Gasteiger partial charge in [0, 0.05) is 6.04 Å². The van der Waals surface area contributed by atoms with Crippen molar-refractivity contribution >= 4 is 21.9 Å². The summed E-state index contributed by atoms with van der Waals surface area (Å²) in [4.78, 5) is 23.1. The fourth-order valence-corrected chi connectivity index (χ4v) is 4.63. The molecule has 1 aliphatic carbocycles. The molecular weight excluding hydrogens is 372 g/mol. The summed E-state index contributed by atoms with van der Waals surface area (Å²) < 4.78 is 38.6. The first-order valence-corrected chi connectivity index (χ1v) is 10.3. The third-order valence-corrected chi connectivity index (χ3v) is 6.30. The fourth-order valence-electron chi connectivity index (χ4n) is 3.05. The average Bonchev–Trinajstić information content (AvgIpc) is 2.62. The molecule has 3 unspecified atom stereocenters. The number of nitrogens with two attached hydrogens (primary N) is 1. The zero-order valence-corrected chi connectivity index (χ0v) is 16.5. The lowest BCUT2D eigenvalue weighted by atomic mass is 9.87. The van der Waals surface area contributed by atoms with Gasteiger partial charge in [-0.25, -0.2) is 17.9 Å². The van der Waals surface area contributed by atoms with Gasteiger partial charge in [0.25, 0.3) is 5.91 Å². The summed E-state index contributed by atoms with van der Waals surface area (Å²) in [5.41, 5.74) is 5.07. The van der Waals surface area contributed by atoms with E-state index in [0.29, 0.717) is 0 Å². The van der Waals surface area contributed by atoms with E-state index in [2.05, 4.69) is 4.72 Å². The Labute approximate surface area is 159 Å². The Morgan fingerprint density at radius 1 is 1.26 bits per heavy atom. The Bertz CT molecular complexity index is 808. The summed E-state index contributed by atoms with van der Waals surface area (Å²) in [6.07, 6.45) is 2.65. The van der Waals surface area contributed by atoms with Gasteiger partial charge in [0.05, 0.1) is 12.7 Å². The molecule has 150 valence electrons. The van der Waals surface area contributed by atoms with Gasteiger partial charge in [0.2, 0.25) is 10.0 Å². The van der Waals surface area contributed by atoms with Crippen LogP contribution in [0.2, 0.25) is 0 Å². The van der Waals surface area contributed by atoms with Crippen LogP contribution in [0, 0.1) is 5.92 Å². The molecule has 8 nitrogen and oxygen atoms in total. The van der Waals surface area contributed by atoms with E-state index in [1.165, 1.54) is 32.2 Å². The molecule has 3 N–H and O–H groups in total. The van der Waals surface area contributed by atoms with Crippen molar-refractivity contribution in [1.29, 1.82) is 0 Å². The van der Waals surface area contributed by atoms with Crippen molar-refractivity contribution in [1.82, 2.24) is 4.72 Å². The predicted octanol–water partition coefficient (Wildman–Crippen LogP) is 1.58. The smallest absolute Gasteiger partial charge is 0.338 e. The molecule has 3 atom stereocenters. The zero-order chi connectivity index (χ0) is 20.2. The maximum absolute atomic E-state index is 12.9.